The van der Waals surface area contributed by atoms with Gasteiger partial charge in [0.25, 0.3) is 0 Å². The predicted molar refractivity (Wildman–Crippen MR) is 109 cm³/mol. The molecule has 2 N–H and O–H groups in total. The first-order valence-corrected chi connectivity index (χ1v) is 9.64. The number of anilines is 1. The highest BCUT2D eigenvalue weighted by Crippen LogP contribution is 2.19. The predicted octanol–water partition coefficient (Wildman–Crippen LogP) is 1.99. The topological polar surface area (TPSA) is 82.8 Å². The Morgan fingerprint density at radius 3 is 2.36 bits per heavy atom. The summed E-state index contributed by atoms with van der Waals surface area (Å²) < 4.78 is 0. The van der Waals surface area contributed by atoms with E-state index in [1.165, 1.54) is 6.20 Å². The van der Waals surface area contributed by atoms with Gasteiger partial charge in [-0.25, -0.2) is 4.79 Å². The summed E-state index contributed by atoms with van der Waals surface area (Å²) in [6, 6.07) is 13.1. The lowest BCUT2D eigenvalue weighted by Crippen LogP contribution is -2.52. The number of hydrogen-bond acceptors (Lipinski definition) is 5. The number of benzene rings is 1. The van der Waals surface area contributed by atoms with E-state index in [-0.39, 0.29) is 18.4 Å². The lowest BCUT2D eigenvalue weighted by atomic mass is 10.1. The van der Waals surface area contributed by atoms with E-state index < -0.39 is 0 Å². The van der Waals surface area contributed by atoms with E-state index >= 15 is 0 Å². The maximum absolute atomic E-state index is 13.3. The highest BCUT2D eigenvalue weighted by atomic mass is 16.2. The molecule has 28 heavy (non-hydrogen) atoms. The van der Waals surface area contributed by atoms with Crippen molar-refractivity contribution in [3.05, 3.63) is 59.9 Å². The standard InChI is InChI=1S/C21H27N5O2/c1-2-24-10-12-25(13-11-24)21(28)26(19-6-4-3-5-7-19)16-18-9-8-17(15-23-18)20(27)14-22/h3-9,15H,2,10-14,16,22H2,1H3. The monoisotopic (exact) mass is 381 g/mol. The molecule has 1 fully saturated rings. The van der Waals surface area contributed by atoms with Crippen molar-refractivity contribution >= 4 is 17.5 Å². The van der Waals surface area contributed by atoms with Crippen molar-refractivity contribution in [3.8, 4) is 0 Å². The van der Waals surface area contributed by atoms with Crippen LogP contribution < -0.4 is 10.6 Å². The van der Waals surface area contributed by atoms with Crippen molar-refractivity contribution in [3.63, 3.8) is 0 Å². The number of rotatable bonds is 6. The molecule has 0 atom stereocenters. The minimum absolute atomic E-state index is 0.0223. The third kappa shape index (κ3) is 4.74. The quantitative estimate of drug-likeness (QED) is 0.774. The summed E-state index contributed by atoms with van der Waals surface area (Å²) in [7, 11) is 0. The van der Waals surface area contributed by atoms with Gasteiger partial charge in [-0.15, -0.1) is 0 Å². The second-order valence-electron chi connectivity index (χ2n) is 6.79. The third-order valence-corrected chi connectivity index (χ3v) is 5.04. The minimum atomic E-state index is -0.149. The third-order valence-electron chi connectivity index (χ3n) is 5.04. The number of aromatic nitrogens is 1. The number of Topliss-reactive ketones (excluding diaryl/α,β-unsaturated/α-hetero) is 1. The Labute approximate surface area is 165 Å². The molecule has 0 radical (unpaired) electrons. The van der Waals surface area contributed by atoms with Crippen LogP contribution in [0.4, 0.5) is 10.5 Å². The van der Waals surface area contributed by atoms with E-state index in [4.69, 9.17) is 5.73 Å². The van der Waals surface area contributed by atoms with Crippen molar-refractivity contribution < 1.29 is 9.59 Å². The number of likely N-dealkylation sites (N-methyl/N-ethyl adjacent to an activating group) is 1. The van der Waals surface area contributed by atoms with Crippen molar-refractivity contribution in [2.24, 2.45) is 5.73 Å². The van der Waals surface area contributed by atoms with E-state index in [0.29, 0.717) is 25.2 Å². The van der Waals surface area contributed by atoms with Crippen LogP contribution in [0.25, 0.3) is 0 Å². The Kier molecular flexibility index (Phi) is 6.73. The van der Waals surface area contributed by atoms with Crippen LogP contribution in [-0.4, -0.2) is 65.9 Å². The minimum Gasteiger partial charge on any atom is -0.324 e. The average Bonchev–Trinajstić information content (AvgIpc) is 2.77. The number of para-hydroxylation sites is 1. The summed E-state index contributed by atoms with van der Waals surface area (Å²) in [4.78, 5) is 35.3. The summed E-state index contributed by atoms with van der Waals surface area (Å²) in [6.45, 7) is 6.65. The number of piperazine rings is 1. The number of hydrogen-bond donors (Lipinski definition) is 1. The molecule has 0 spiro atoms. The summed E-state index contributed by atoms with van der Waals surface area (Å²) >= 11 is 0. The van der Waals surface area contributed by atoms with Crippen LogP contribution in [0.2, 0.25) is 0 Å². The summed E-state index contributed by atoms with van der Waals surface area (Å²) in [5.74, 6) is -0.149. The molecule has 1 aliphatic heterocycles. The van der Waals surface area contributed by atoms with Crippen molar-refractivity contribution in [1.82, 2.24) is 14.8 Å². The van der Waals surface area contributed by atoms with Gasteiger partial charge in [0.2, 0.25) is 0 Å². The molecule has 3 rings (SSSR count). The van der Waals surface area contributed by atoms with Gasteiger partial charge in [-0.05, 0) is 30.8 Å². The molecule has 2 heterocycles. The number of nitrogens with zero attached hydrogens (tertiary/aromatic N) is 4. The molecule has 0 unspecified atom stereocenters. The van der Waals surface area contributed by atoms with Gasteiger partial charge in [-0.3, -0.25) is 14.7 Å². The fraction of sp³-hybridized carbons (Fsp3) is 0.381. The SMILES string of the molecule is CCN1CCN(C(=O)N(Cc2ccc(C(=O)CN)cn2)c2ccccc2)CC1. The fourth-order valence-electron chi connectivity index (χ4n) is 3.27. The molecular weight excluding hydrogens is 354 g/mol. The molecule has 7 heteroatoms. The van der Waals surface area contributed by atoms with Gasteiger partial charge in [0, 0.05) is 43.6 Å². The van der Waals surface area contributed by atoms with Gasteiger partial charge in [0.1, 0.15) is 0 Å². The lowest BCUT2D eigenvalue weighted by molar-refractivity contribution is 0.100. The number of pyridine rings is 1. The summed E-state index contributed by atoms with van der Waals surface area (Å²) in [5, 5.41) is 0. The molecule has 1 aromatic heterocycles. The zero-order valence-electron chi connectivity index (χ0n) is 16.3. The van der Waals surface area contributed by atoms with Gasteiger partial charge in [0.15, 0.2) is 5.78 Å². The first kappa shape index (κ1) is 20.0. The van der Waals surface area contributed by atoms with E-state index in [0.717, 1.165) is 31.0 Å². The number of carbonyl (C=O) groups is 2. The van der Waals surface area contributed by atoms with Crippen molar-refractivity contribution in [1.29, 1.82) is 0 Å². The largest absolute Gasteiger partial charge is 0.324 e. The van der Waals surface area contributed by atoms with E-state index in [9.17, 15) is 9.59 Å². The first-order valence-electron chi connectivity index (χ1n) is 9.64. The number of carbonyl (C=O) groups excluding carboxylic acids is 2. The molecule has 0 bridgehead atoms. The van der Waals surface area contributed by atoms with Gasteiger partial charge in [-0.2, -0.15) is 0 Å². The molecule has 7 nitrogen and oxygen atoms in total. The van der Waals surface area contributed by atoms with Gasteiger partial charge in [0.05, 0.1) is 18.8 Å². The van der Waals surface area contributed by atoms with Gasteiger partial charge >= 0.3 is 6.03 Å². The highest BCUT2D eigenvalue weighted by molar-refractivity contribution is 5.97. The maximum Gasteiger partial charge on any atom is 0.324 e. The van der Waals surface area contributed by atoms with Crippen LogP contribution in [0.1, 0.15) is 23.0 Å². The van der Waals surface area contributed by atoms with Gasteiger partial charge in [-0.1, -0.05) is 25.1 Å². The molecule has 1 saturated heterocycles. The van der Waals surface area contributed by atoms with Crippen LogP contribution in [0.3, 0.4) is 0 Å². The summed E-state index contributed by atoms with van der Waals surface area (Å²) in [5.41, 5.74) is 7.44. The number of amides is 2. The Morgan fingerprint density at radius 1 is 1.07 bits per heavy atom. The molecule has 0 aliphatic carbocycles. The zero-order chi connectivity index (χ0) is 19.9. The molecule has 2 amide bonds. The Bertz CT molecular complexity index is 786. The molecular formula is C21H27N5O2. The van der Waals surface area contributed by atoms with Crippen LogP contribution >= 0.6 is 0 Å². The van der Waals surface area contributed by atoms with Crippen molar-refractivity contribution in [2.45, 2.75) is 13.5 Å². The van der Waals surface area contributed by atoms with Crippen LogP contribution in [0.5, 0.6) is 0 Å². The van der Waals surface area contributed by atoms with E-state index in [2.05, 4.69) is 16.8 Å². The number of ketones is 1. The molecule has 1 aromatic carbocycles. The molecule has 1 aliphatic rings. The molecule has 2 aromatic rings. The smallest absolute Gasteiger partial charge is 0.324 e. The fourth-order valence-corrected chi connectivity index (χ4v) is 3.27. The highest BCUT2D eigenvalue weighted by Gasteiger charge is 2.26. The maximum atomic E-state index is 13.3. The normalized spacial score (nSPS) is 14.7. The lowest BCUT2D eigenvalue weighted by Gasteiger charge is -2.37. The van der Waals surface area contributed by atoms with Crippen LogP contribution in [0.15, 0.2) is 48.7 Å². The van der Waals surface area contributed by atoms with Crippen LogP contribution in [0, 0.1) is 0 Å². The Balaban J connectivity index is 1.78. The van der Waals surface area contributed by atoms with E-state index in [1.807, 2.05) is 35.2 Å². The number of nitrogens with two attached hydrogens (primary N) is 1. The van der Waals surface area contributed by atoms with Crippen LogP contribution in [-0.2, 0) is 6.54 Å². The van der Waals surface area contributed by atoms with Gasteiger partial charge < -0.3 is 15.5 Å². The second-order valence-corrected chi connectivity index (χ2v) is 6.79. The average molecular weight is 381 g/mol. The molecule has 0 saturated carbocycles. The van der Waals surface area contributed by atoms with E-state index in [1.54, 1.807) is 17.0 Å². The molecule has 148 valence electrons. The summed E-state index contributed by atoms with van der Waals surface area (Å²) in [6.07, 6.45) is 1.53. The Morgan fingerprint density at radius 2 is 1.79 bits per heavy atom. The Hall–Kier alpha value is -2.77. The zero-order valence-corrected chi connectivity index (χ0v) is 16.3. The first-order chi connectivity index (χ1) is 13.6. The van der Waals surface area contributed by atoms with Crippen molar-refractivity contribution in [2.75, 3.05) is 44.2 Å². The second kappa shape index (κ2) is 9.43. The number of urea groups is 1.